The number of halogens is 1. The number of nitrogens with zero attached hydrogens (tertiary/aromatic N) is 1. The molecule has 5 nitrogen and oxygen atoms in total. The summed E-state index contributed by atoms with van der Waals surface area (Å²) in [5, 5.41) is 10.5. The van der Waals surface area contributed by atoms with Crippen molar-refractivity contribution in [1.29, 1.82) is 0 Å². The largest absolute Gasteiger partial charge is 0.494 e. The van der Waals surface area contributed by atoms with Gasteiger partial charge in [-0.05, 0) is 52.3 Å². The molecule has 1 aliphatic heterocycles. The van der Waals surface area contributed by atoms with Gasteiger partial charge in [0.15, 0.2) is 0 Å². The first-order chi connectivity index (χ1) is 11.2. The Labute approximate surface area is 142 Å². The maximum atomic E-state index is 13.6. The Morgan fingerprint density at radius 2 is 2.12 bits per heavy atom. The van der Waals surface area contributed by atoms with Crippen LogP contribution < -0.4 is 4.74 Å². The molecule has 0 radical (unpaired) electrons. The van der Waals surface area contributed by atoms with Crippen LogP contribution in [-0.2, 0) is 4.74 Å². The monoisotopic (exact) mass is 339 g/mol. The summed E-state index contributed by atoms with van der Waals surface area (Å²) in [5.41, 5.74) is 0.0667. The highest BCUT2D eigenvalue weighted by Crippen LogP contribution is 2.35. The molecule has 1 saturated heterocycles. The van der Waals surface area contributed by atoms with E-state index in [9.17, 15) is 14.3 Å². The lowest BCUT2D eigenvalue weighted by molar-refractivity contribution is -0.00175. The zero-order valence-corrected chi connectivity index (χ0v) is 14.7. The molecule has 0 bridgehead atoms. The molecule has 2 rings (SSSR count). The number of benzene rings is 1. The molecule has 1 fully saturated rings. The second kappa shape index (κ2) is 7.38. The van der Waals surface area contributed by atoms with Crippen molar-refractivity contribution in [1.82, 2.24) is 4.90 Å². The van der Waals surface area contributed by atoms with E-state index >= 15 is 0 Å². The van der Waals surface area contributed by atoms with Crippen LogP contribution in [0.1, 0.15) is 45.6 Å². The van der Waals surface area contributed by atoms with Gasteiger partial charge in [-0.3, -0.25) is 0 Å². The van der Waals surface area contributed by atoms with E-state index in [0.29, 0.717) is 30.9 Å². The van der Waals surface area contributed by atoms with Gasteiger partial charge in [0.25, 0.3) is 0 Å². The average molecular weight is 339 g/mol. The zero-order valence-electron chi connectivity index (χ0n) is 14.7. The topological polar surface area (TPSA) is 59.0 Å². The number of amides is 1. The number of β-amino-alcohol motifs (C(OH)–C–C–N with tert-alkyl or cyclic N) is 1. The molecule has 0 unspecified atom stereocenters. The van der Waals surface area contributed by atoms with Gasteiger partial charge in [0.05, 0.1) is 19.3 Å². The standard InChI is InChI=1S/C18H26FNO4/c1-5-23-16-7-6-12(19)10-14(16)13-8-9-20(11-15(13)21)17(22)24-18(2,3)4/h6-7,10,13,15,21H,5,8-9,11H2,1-4H3/t13-,15+/m1/s1. The zero-order chi connectivity index (χ0) is 17.9. The van der Waals surface area contributed by atoms with E-state index in [0.717, 1.165) is 0 Å². The van der Waals surface area contributed by atoms with Crippen molar-refractivity contribution in [3.63, 3.8) is 0 Å². The van der Waals surface area contributed by atoms with E-state index in [1.165, 1.54) is 17.0 Å². The Morgan fingerprint density at radius 1 is 1.42 bits per heavy atom. The van der Waals surface area contributed by atoms with Crippen molar-refractivity contribution in [3.8, 4) is 5.75 Å². The lowest BCUT2D eigenvalue weighted by Crippen LogP contribution is -2.47. The molecule has 1 amide bonds. The second-order valence-corrected chi connectivity index (χ2v) is 7.00. The minimum absolute atomic E-state index is 0.154. The molecule has 2 atom stereocenters. The van der Waals surface area contributed by atoms with Gasteiger partial charge in [0, 0.05) is 18.0 Å². The van der Waals surface area contributed by atoms with Crippen molar-refractivity contribution in [2.75, 3.05) is 19.7 Å². The number of hydrogen-bond donors (Lipinski definition) is 1. The molecule has 1 N–H and O–H groups in total. The number of ether oxygens (including phenoxy) is 2. The Morgan fingerprint density at radius 3 is 2.71 bits per heavy atom. The van der Waals surface area contributed by atoms with Crippen LogP contribution in [0.2, 0.25) is 0 Å². The molecule has 0 aliphatic carbocycles. The third kappa shape index (κ3) is 4.60. The number of carbonyl (C=O) groups is 1. The molecule has 0 saturated carbocycles. The Kier molecular flexibility index (Phi) is 5.70. The summed E-state index contributed by atoms with van der Waals surface area (Å²) in [6, 6.07) is 4.33. The SMILES string of the molecule is CCOc1ccc(F)cc1[C@H]1CCN(C(=O)OC(C)(C)C)C[C@@H]1O. The van der Waals surface area contributed by atoms with E-state index in [4.69, 9.17) is 9.47 Å². The molecule has 0 aromatic heterocycles. The first-order valence-corrected chi connectivity index (χ1v) is 8.29. The van der Waals surface area contributed by atoms with Gasteiger partial charge < -0.3 is 19.5 Å². The van der Waals surface area contributed by atoms with E-state index in [-0.39, 0.29) is 18.3 Å². The number of piperidine rings is 1. The smallest absolute Gasteiger partial charge is 0.410 e. The summed E-state index contributed by atoms with van der Waals surface area (Å²) in [4.78, 5) is 13.6. The summed E-state index contributed by atoms with van der Waals surface area (Å²) in [6.45, 7) is 8.32. The van der Waals surface area contributed by atoms with Crippen LogP contribution in [0.15, 0.2) is 18.2 Å². The molecule has 1 aromatic carbocycles. The fraction of sp³-hybridized carbons (Fsp3) is 0.611. The highest BCUT2D eigenvalue weighted by Gasteiger charge is 2.34. The summed E-state index contributed by atoms with van der Waals surface area (Å²) >= 11 is 0. The van der Waals surface area contributed by atoms with E-state index in [1.807, 2.05) is 6.92 Å². The third-order valence-corrected chi connectivity index (χ3v) is 3.90. The highest BCUT2D eigenvalue weighted by atomic mass is 19.1. The van der Waals surface area contributed by atoms with Crippen molar-refractivity contribution in [2.45, 2.75) is 51.7 Å². The molecule has 24 heavy (non-hydrogen) atoms. The van der Waals surface area contributed by atoms with Gasteiger partial charge in [0.1, 0.15) is 17.2 Å². The summed E-state index contributed by atoms with van der Waals surface area (Å²) in [5.74, 6) is -0.0650. The van der Waals surface area contributed by atoms with E-state index in [2.05, 4.69) is 0 Å². The molecule has 6 heteroatoms. The number of carbonyl (C=O) groups excluding carboxylic acids is 1. The van der Waals surface area contributed by atoms with Gasteiger partial charge in [-0.1, -0.05) is 0 Å². The maximum Gasteiger partial charge on any atom is 0.410 e. The first kappa shape index (κ1) is 18.5. The summed E-state index contributed by atoms with van der Waals surface area (Å²) in [6.07, 6.45) is -0.722. The summed E-state index contributed by atoms with van der Waals surface area (Å²) in [7, 11) is 0. The van der Waals surface area contributed by atoms with Gasteiger partial charge in [-0.15, -0.1) is 0 Å². The van der Waals surface area contributed by atoms with Crippen LogP contribution in [0.5, 0.6) is 5.75 Å². The van der Waals surface area contributed by atoms with Gasteiger partial charge in [0.2, 0.25) is 0 Å². The van der Waals surface area contributed by atoms with Crippen LogP contribution in [0, 0.1) is 5.82 Å². The minimum atomic E-state index is -0.799. The molecule has 1 heterocycles. The third-order valence-electron chi connectivity index (χ3n) is 3.90. The lowest BCUT2D eigenvalue weighted by atomic mass is 9.86. The molecule has 1 aliphatic rings. The predicted octanol–water partition coefficient (Wildman–Crippen LogP) is 3.31. The maximum absolute atomic E-state index is 13.6. The minimum Gasteiger partial charge on any atom is -0.494 e. The molecule has 134 valence electrons. The molecule has 1 aromatic rings. The second-order valence-electron chi connectivity index (χ2n) is 7.00. The van der Waals surface area contributed by atoms with Crippen LogP contribution in [0.25, 0.3) is 0 Å². The predicted molar refractivity (Wildman–Crippen MR) is 88.7 cm³/mol. The normalized spacial score (nSPS) is 21.5. The van der Waals surface area contributed by atoms with Gasteiger partial charge in [-0.2, -0.15) is 0 Å². The lowest BCUT2D eigenvalue weighted by Gasteiger charge is -2.37. The van der Waals surface area contributed by atoms with Crippen molar-refractivity contribution < 1.29 is 23.8 Å². The fourth-order valence-electron chi connectivity index (χ4n) is 2.88. The quantitative estimate of drug-likeness (QED) is 0.918. The Balaban J connectivity index is 2.11. The van der Waals surface area contributed by atoms with Crippen molar-refractivity contribution in [2.24, 2.45) is 0 Å². The van der Waals surface area contributed by atoms with Crippen molar-refractivity contribution >= 4 is 6.09 Å². The number of likely N-dealkylation sites (tertiary alicyclic amines) is 1. The highest BCUT2D eigenvalue weighted by molar-refractivity contribution is 5.68. The average Bonchev–Trinajstić information content (AvgIpc) is 2.47. The number of aliphatic hydroxyl groups excluding tert-OH is 1. The van der Waals surface area contributed by atoms with Gasteiger partial charge >= 0.3 is 6.09 Å². The van der Waals surface area contributed by atoms with Crippen LogP contribution in [0.4, 0.5) is 9.18 Å². The molecular weight excluding hydrogens is 313 g/mol. The molecular formula is C18H26FNO4. The van der Waals surface area contributed by atoms with Crippen LogP contribution in [-0.4, -0.2) is 47.5 Å². The van der Waals surface area contributed by atoms with Crippen LogP contribution >= 0.6 is 0 Å². The van der Waals surface area contributed by atoms with Gasteiger partial charge in [-0.25, -0.2) is 9.18 Å². The fourth-order valence-corrected chi connectivity index (χ4v) is 2.88. The number of hydrogen-bond acceptors (Lipinski definition) is 4. The Bertz CT molecular complexity index is 585. The molecule has 0 spiro atoms. The van der Waals surface area contributed by atoms with E-state index in [1.54, 1.807) is 26.8 Å². The van der Waals surface area contributed by atoms with Crippen LogP contribution in [0.3, 0.4) is 0 Å². The number of rotatable bonds is 3. The summed E-state index contributed by atoms with van der Waals surface area (Å²) < 4.78 is 24.5. The Hall–Kier alpha value is -1.82. The number of aliphatic hydroxyl groups is 1. The van der Waals surface area contributed by atoms with Crippen molar-refractivity contribution in [3.05, 3.63) is 29.6 Å². The van der Waals surface area contributed by atoms with E-state index < -0.39 is 17.8 Å². The first-order valence-electron chi connectivity index (χ1n) is 8.29.